The lowest BCUT2D eigenvalue weighted by Crippen LogP contribution is -2.29. The van der Waals surface area contributed by atoms with E-state index in [-0.39, 0.29) is 5.91 Å². The first-order valence-corrected chi connectivity index (χ1v) is 6.58. The van der Waals surface area contributed by atoms with Gasteiger partial charge in [0, 0.05) is 17.2 Å². The summed E-state index contributed by atoms with van der Waals surface area (Å²) in [6.07, 6.45) is 1.31. The van der Waals surface area contributed by atoms with Crippen molar-refractivity contribution in [1.82, 2.24) is 5.43 Å². The molecular formula is C11H15ClN2OS. The fourth-order valence-corrected chi connectivity index (χ4v) is 2.45. The van der Waals surface area contributed by atoms with E-state index in [1.807, 2.05) is 24.3 Å². The van der Waals surface area contributed by atoms with Gasteiger partial charge in [-0.25, -0.2) is 5.84 Å². The van der Waals surface area contributed by atoms with E-state index < -0.39 is 0 Å². The summed E-state index contributed by atoms with van der Waals surface area (Å²) in [6.45, 7) is 0. The van der Waals surface area contributed by atoms with Gasteiger partial charge in [0.1, 0.15) is 0 Å². The molecule has 0 spiro atoms. The first kappa shape index (κ1) is 13.4. The largest absolute Gasteiger partial charge is 0.294 e. The number of hydrogen-bond donors (Lipinski definition) is 2. The first-order chi connectivity index (χ1) is 7.74. The Morgan fingerprint density at radius 3 is 2.88 bits per heavy atom. The third kappa shape index (κ3) is 4.88. The number of nitrogens with one attached hydrogen (secondary N) is 1. The quantitative estimate of drug-likeness (QED) is 0.356. The van der Waals surface area contributed by atoms with E-state index in [4.69, 9.17) is 17.4 Å². The van der Waals surface area contributed by atoms with Crippen LogP contribution in [-0.4, -0.2) is 11.7 Å². The fourth-order valence-electron chi connectivity index (χ4n) is 1.20. The average molecular weight is 259 g/mol. The van der Waals surface area contributed by atoms with Gasteiger partial charge in [-0.05, 0) is 23.8 Å². The molecule has 0 unspecified atom stereocenters. The van der Waals surface area contributed by atoms with Crippen LogP contribution in [0.2, 0.25) is 5.02 Å². The molecule has 88 valence electrons. The molecule has 0 aromatic heterocycles. The predicted octanol–water partition coefficient (Wildman–Crippen LogP) is 2.34. The van der Waals surface area contributed by atoms with Crippen LogP contribution in [0, 0.1) is 0 Å². The van der Waals surface area contributed by atoms with Crippen molar-refractivity contribution in [2.45, 2.75) is 18.6 Å². The van der Waals surface area contributed by atoms with Gasteiger partial charge in [-0.15, -0.1) is 0 Å². The molecule has 0 saturated carbocycles. The van der Waals surface area contributed by atoms with Crippen molar-refractivity contribution in [2.75, 3.05) is 5.75 Å². The van der Waals surface area contributed by atoms with Crippen LogP contribution in [0.25, 0.3) is 0 Å². The SMILES string of the molecule is NNC(=O)CCCSCc1ccccc1Cl. The topological polar surface area (TPSA) is 55.1 Å². The van der Waals surface area contributed by atoms with Crippen LogP contribution in [0.4, 0.5) is 0 Å². The Balaban J connectivity index is 2.17. The van der Waals surface area contributed by atoms with Gasteiger partial charge in [0.05, 0.1) is 0 Å². The molecule has 1 aromatic carbocycles. The monoisotopic (exact) mass is 258 g/mol. The molecular weight excluding hydrogens is 244 g/mol. The average Bonchev–Trinajstić information content (AvgIpc) is 2.30. The Labute approximate surface area is 105 Å². The molecule has 0 aliphatic heterocycles. The van der Waals surface area contributed by atoms with Crippen molar-refractivity contribution >= 4 is 29.3 Å². The van der Waals surface area contributed by atoms with Crippen molar-refractivity contribution in [3.63, 3.8) is 0 Å². The highest BCUT2D eigenvalue weighted by Gasteiger charge is 2.00. The van der Waals surface area contributed by atoms with Crippen molar-refractivity contribution in [2.24, 2.45) is 5.84 Å². The molecule has 0 fully saturated rings. The number of halogens is 1. The molecule has 0 atom stereocenters. The third-order valence-corrected chi connectivity index (χ3v) is 3.53. The van der Waals surface area contributed by atoms with E-state index in [1.54, 1.807) is 11.8 Å². The second kappa shape index (κ2) is 7.54. The summed E-state index contributed by atoms with van der Waals surface area (Å²) in [6, 6.07) is 7.80. The highest BCUT2D eigenvalue weighted by molar-refractivity contribution is 7.98. The van der Waals surface area contributed by atoms with Gasteiger partial charge in [0.15, 0.2) is 0 Å². The summed E-state index contributed by atoms with van der Waals surface area (Å²) < 4.78 is 0. The Kier molecular flexibility index (Phi) is 6.30. The van der Waals surface area contributed by atoms with Gasteiger partial charge in [-0.3, -0.25) is 10.2 Å². The minimum atomic E-state index is -0.113. The Morgan fingerprint density at radius 1 is 1.44 bits per heavy atom. The molecule has 16 heavy (non-hydrogen) atoms. The third-order valence-electron chi connectivity index (χ3n) is 2.07. The second-order valence-corrected chi connectivity index (χ2v) is 4.83. The summed E-state index contributed by atoms with van der Waals surface area (Å²) in [5.74, 6) is 6.67. The predicted molar refractivity (Wildman–Crippen MR) is 69.2 cm³/mol. The highest BCUT2D eigenvalue weighted by atomic mass is 35.5. The summed E-state index contributed by atoms with van der Waals surface area (Å²) in [5.41, 5.74) is 3.25. The lowest BCUT2D eigenvalue weighted by Gasteiger charge is -2.03. The van der Waals surface area contributed by atoms with Gasteiger partial charge in [-0.2, -0.15) is 11.8 Å². The van der Waals surface area contributed by atoms with Crippen LogP contribution in [0.15, 0.2) is 24.3 Å². The number of hydrogen-bond acceptors (Lipinski definition) is 3. The van der Waals surface area contributed by atoms with Gasteiger partial charge >= 0.3 is 0 Å². The van der Waals surface area contributed by atoms with E-state index in [0.29, 0.717) is 6.42 Å². The normalized spacial score (nSPS) is 10.1. The molecule has 0 bridgehead atoms. The Morgan fingerprint density at radius 2 is 2.19 bits per heavy atom. The van der Waals surface area contributed by atoms with Gasteiger partial charge < -0.3 is 0 Å². The zero-order valence-electron chi connectivity index (χ0n) is 8.91. The fraction of sp³-hybridized carbons (Fsp3) is 0.364. The van der Waals surface area contributed by atoms with Crippen molar-refractivity contribution in [1.29, 1.82) is 0 Å². The number of amides is 1. The highest BCUT2D eigenvalue weighted by Crippen LogP contribution is 2.21. The maximum absolute atomic E-state index is 10.8. The minimum absolute atomic E-state index is 0.113. The molecule has 1 rings (SSSR count). The summed E-state index contributed by atoms with van der Waals surface area (Å²) >= 11 is 7.78. The number of nitrogens with two attached hydrogens (primary N) is 1. The maximum atomic E-state index is 10.8. The van der Waals surface area contributed by atoms with Crippen LogP contribution in [0.3, 0.4) is 0 Å². The number of hydrazine groups is 1. The maximum Gasteiger partial charge on any atom is 0.233 e. The molecule has 3 N–H and O–H groups in total. The molecule has 5 heteroatoms. The molecule has 0 heterocycles. The summed E-state index contributed by atoms with van der Waals surface area (Å²) in [4.78, 5) is 10.8. The molecule has 0 radical (unpaired) electrons. The van der Waals surface area contributed by atoms with Crippen molar-refractivity contribution in [3.8, 4) is 0 Å². The molecule has 3 nitrogen and oxygen atoms in total. The molecule has 0 aliphatic rings. The zero-order chi connectivity index (χ0) is 11.8. The molecule has 0 saturated heterocycles. The zero-order valence-corrected chi connectivity index (χ0v) is 10.5. The van der Waals surface area contributed by atoms with Gasteiger partial charge in [0.25, 0.3) is 0 Å². The van der Waals surface area contributed by atoms with E-state index in [1.165, 1.54) is 0 Å². The summed E-state index contributed by atoms with van der Waals surface area (Å²) in [5, 5.41) is 0.801. The van der Waals surface area contributed by atoms with E-state index in [2.05, 4.69) is 5.43 Å². The van der Waals surface area contributed by atoms with Crippen molar-refractivity contribution < 1.29 is 4.79 Å². The second-order valence-electron chi connectivity index (χ2n) is 3.32. The van der Waals surface area contributed by atoms with Crippen LogP contribution in [-0.2, 0) is 10.5 Å². The number of carbonyl (C=O) groups is 1. The van der Waals surface area contributed by atoms with E-state index in [0.717, 1.165) is 28.5 Å². The first-order valence-electron chi connectivity index (χ1n) is 5.04. The van der Waals surface area contributed by atoms with Crippen LogP contribution >= 0.6 is 23.4 Å². The van der Waals surface area contributed by atoms with Crippen LogP contribution < -0.4 is 11.3 Å². The molecule has 0 aliphatic carbocycles. The van der Waals surface area contributed by atoms with Crippen molar-refractivity contribution in [3.05, 3.63) is 34.9 Å². The number of rotatable bonds is 6. The van der Waals surface area contributed by atoms with Crippen LogP contribution in [0.1, 0.15) is 18.4 Å². The van der Waals surface area contributed by atoms with Crippen LogP contribution in [0.5, 0.6) is 0 Å². The van der Waals surface area contributed by atoms with Gasteiger partial charge in [0.2, 0.25) is 5.91 Å². The Hall–Kier alpha value is -0.710. The van der Waals surface area contributed by atoms with Gasteiger partial charge in [-0.1, -0.05) is 29.8 Å². The summed E-state index contributed by atoms with van der Waals surface area (Å²) in [7, 11) is 0. The standard InChI is InChI=1S/C11H15ClN2OS/c12-10-5-2-1-4-9(10)8-16-7-3-6-11(15)14-13/h1-2,4-5H,3,6-8,13H2,(H,14,15). The number of thioether (sulfide) groups is 1. The minimum Gasteiger partial charge on any atom is -0.294 e. The number of benzene rings is 1. The Bertz CT molecular complexity index is 347. The number of carbonyl (C=O) groups excluding carboxylic acids is 1. The van der Waals surface area contributed by atoms with E-state index in [9.17, 15) is 4.79 Å². The lowest BCUT2D eigenvalue weighted by atomic mass is 10.2. The molecule has 1 amide bonds. The smallest absolute Gasteiger partial charge is 0.233 e. The van der Waals surface area contributed by atoms with E-state index >= 15 is 0 Å². The molecule has 1 aromatic rings. The lowest BCUT2D eigenvalue weighted by molar-refractivity contribution is -0.121.